The van der Waals surface area contributed by atoms with E-state index in [1.807, 2.05) is 0 Å². The van der Waals surface area contributed by atoms with E-state index in [0.29, 0.717) is 0 Å². The van der Waals surface area contributed by atoms with Gasteiger partial charge in [0, 0.05) is 0 Å². The molecule has 0 aliphatic heterocycles. The Morgan fingerprint density at radius 1 is 0.565 bits per heavy atom. The highest BCUT2D eigenvalue weighted by Gasteiger charge is 2.10. The summed E-state index contributed by atoms with van der Waals surface area (Å²) in [5, 5.41) is 0. The van der Waals surface area contributed by atoms with E-state index >= 15 is 0 Å². The first-order valence-corrected chi connectivity index (χ1v) is 10.4. The summed E-state index contributed by atoms with van der Waals surface area (Å²) in [5.74, 6) is 0.800. The zero-order valence-corrected chi connectivity index (χ0v) is 15.9. The summed E-state index contributed by atoms with van der Waals surface area (Å²) in [7, 11) is 0. The van der Waals surface area contributed by atoms with Crippen molar-refractivity contribution >= 4 is 0 Å². The van der Waals surface area contributed by atoms with Crippen LogP contribution < -0.4 is 0 Å². The number of rotatable bonds is 15. The molecule has 0 heterocycles. The molecule has 1 atom stereocenters. The van der Waals surface area contributed by atoms with Crippen molar-refractivity contribution in [3.05, 3.63) is 35.9 Å². The Morgan fingerprint density at radius 3 is 1.48 bits per heavy atom. The fourth-order valence-electron chi connectivity index (χ4n) is 3.55. The Kier molecular flexibility index (Phi) is 13.0. The van der Waals surface area contributed by atoms with Gasteiger partial charge in [-0.25, -0.2) is 0 Å². The van der Waals surface area contributed by atoms with Crippen LogP contribution in [-0.2, 0) is 0 Å². The van der Waals surface area contributed by atoms with Crippen molar-refractivity contribution in [2.75, 3.05) is 0 Å². The molecule has 0 aromatic heterocycles. The van der Waals surface area contributed by atoms with Crippen LogP contribution >= 0.6 is 0 Å². The molecule has 0 bridgehead atoms. The number of benzene rings is 1. The quantitative estimate of drug-likeness (QED) is 0.286. The Balaban J connectivity index is 2.25. The molecule has 0 amide bonds. The lowest BCUT2D eigenvalue weighted by molar-refractivity contribution is 0.487. The molecule has 0 spiro atoms. The van der Waals surface area contributed by atoms with Gasteiger partial charge in [-0.05, 0) is 24.3 Å². The molecular formula is C23H40. The van der Waals surface area contributed by atoms with E-state index in [1.165, 1.54) is 89.9 Å². The van der Waals surface area contributed by atoms with Gasteiger partial charge in [0.2, 0.25) is 0 Å². The molecule has 1 aromatic carbocycles. The molecule has 0 aliphatic rings. The van der Waals surface area contributed by atoms with Gasteiger partial charge in [-0.1, -0.05) is 121 Å². The second-order valence-corrected chi connectivity index (χ2v) is 7.22. The minimum atomic E-state index is 0.800. The van der Waals surface area contributed by atoms with Crippen LogP contribution in [0.2, 0.25) is 0 Å². The molecule has 0 nitrogen and oxygen atoms in total. The van der Waals surface area contributed by atoms with Gasteiger partial charge in [0.1, 0.15) is 0 Å². The highest BCUT2D eigenvalue weighted by Crippen LogP contribution is 2.28. The van der Waals surface area contributed by atoms with Gasteiger partial charge in [0.15, 0.2) is 0 Å². The molecule has 0 saturated heterocycles. The van der Waals surface area contributed by atoms with E-state index in [-0.39, 0.29) is 0 Å². The Labute approximate surface area is 146 Å². The Morgan fingerprint density at radius 2 is 1.00 bits per heavy atom. The minimum Gasteiger partial charge on any atom is -0.0654 e. The van der Waals surface area contributed by atoms with Crippen LogP contribution in [0.1, 0.15) is 115 Å². The molecule has 0 saturated carbocycles. The van der Waals surface area contributed by atoms with Gasteiger partial charge in [-0.15, -0.1) is 0 Å². The fourth-order valence-corrected chi connectivity index (χ4v) is 3.55. The van der Waals surface area contributed by atoms with Crippen molar-refractivity contribution in [3.63, 3.8) is 0 Å². The third-order valence-corrected chi connectivity index (χ3v) is 5.08. The van der Waals surface area contributed by atoms with Gasteiger partial charge >= 0.3 is 0 Å². The lowest BCUT2D eigenvalue weighted by Gasteiger charge is -2.17. The molecule has 0 radical (unpaired) electrons. The average molecular weight is 317 g/mol. The molecule has 132 valence electrons. The third kappa shape index (κ3) is 10.6. The van der Waals surface area contributed by atoms with Gasteiger partial charge in [-0.2, -0.15) is 0 Å². The maximum absolute atomic E-state index is 2.35. The third-order valence-electron chi connectivity index (χ3n) is 5.08. The second-order valence-electron chi connectivity index (χ2n) is 7.22. The first-order valence-electron chi connectivity index (χ1n) is 10.4. The van der Waals surface area contributed by atoms with Crippen molar-refractivity contribution in [1.82, 2.24) is 0 Å². The van der Waals surface area contributed by atoms with Crippen molar-refractivity contribution < 1.29 is 0 Å². The maximum atomic E-state index is 2.35. The van der Waals surface area contributed by atoms with E-state index < -0.39 is 0 Å². The standard InChI is InChI=1S/C23H40/c1-3-5-7-9-10-12-15-19-22(18-14-11-8-6-4-2)23-20-16-13-17-21-23/h13,16-17,20-22H,3-12,14-15,18-19H2,1-2H3. The number of hydrogen-bond donors (Lipinski definition) is 0. The maximum Gasteiger partial charge on any atom is -0.0162 e. The minimum absolute atomic E-state index is 0.800. The van der Waals surface area contributed by atoms with Gasteiger partial charge in [0.25, 0.3) is 0 Å². The Hall–Kier alpha value is -0.780. The summed E-state index contributed by atoms with van der Waals surface area (Å²) in [5.41, 5.74) is 1.58. The molecule has 1 unspecified atom stereocenters. The lowest BCUT2D eigenvalue weighted by atomic mass is 9.88. The van der Waals surface area contributed by atoms with E-state index in [1.54, 1.807) is 5.56 Å². The van der Waals surface area contributed by atoms with Crippen molar-refractivity contribution in [3.8, 4) is 0 Å². The van der Waals surface area contributed by atoms with Gasteiger partial charge in [-0.3, -0.25) is 0 Å². The molecule has 0 N–H and O–H groups in total. The highest BCUT2D eigenvalue weighted by molar-refractivity contribution is 5.19. The van der Waals surface area contributed by atoms with Crippen molar-refractivity contribution in [2.24, 2.45) is 0 Å². The molecule has 1 aromatic rings. The summed E-state index contributed by atoms with van der Waals surface area (Å²) in [4.78, 5) is 0. The highest BCUT2D eigenvalue weighted by atomic mass is 14.2. The van der Waals surface area contributed by atoms with E-state index in [4.69, 9.17) is 0 Å². The van der Waals surface area contributed by atoms with Crippen LogP contribution in [0.5, 0.6) is 0 Å². The van der Waals surface area contributed by atoms with Gasteiger partial charge < -0.3 is 0 Å². The topological polar surface area (TPSA) is 0 Å². The average Bonchev–Trinajstić information content (AvgIpc) is 2.59. The summed E-state index contributed by atoms with van der Waals surface area (Å²) in [6.07, 6.45) is 19.8. The zero-order chi connectivity index (χ0) is 16.6. The van der Waals surface area contributed by atoms with Gasteiger partial charge in [0.05, 0.1) is 0 Å². The first kappa shape index (κ1) is 20.3. The van der Waals surface area contributed by atoms with E-state index in [0.717, 1.165) is 5.92 Å². The summed E-state index contributed by atoms with van der Waals surface area (Å²) in [6.45, 7) is 4.60. The fraction of sp³-hybridized carbons (Fsp3) is 0.739. The van der Waals surface area contributed by atoms with Crippen LogP contribution in [-0.4, -0.2) is 0 Å². The SMILES string of the molecule is CCCCCCCCCC(CCCCCCC)c1ccccc1. The predicted octanol–water partition coefficient (Wildman–Crippen LogP) is 8.27. The van der Waals surface area contributed by atoms with Crippen LogP contribution in [0.4, 0.5) is 0 Å². The number of hydrogen-bond acceptors (Lipinski definition) is 0. The van der Waals surface area contributed by atoms with Crippen LogP contribution in [0, 0.1) is 0 Å². The largest absolute Gasteiger partial charge is 0.0654 e. The Bertz CT molecular complexity index is 340. The predicted molar refractivity (Wildman–Crippen MR) is 105 cm³/mol. The van der Waals surface area contributed by atoms with Crippen LogP contribution in [0.25, 0.3) is 0 Å². The molecule has 23 heavy (non-hydrogen) atoms. The first-order chi connectivity index (χ1) is 11.4. The number of unbranched alkanes of at least 4 members (excludes halogenated alkanes) is 10. The normalized spacial score (nSPS) is 12.4. The van der Waals surface area contributed by atoms with Crippen molar-refractivity contribution in [1.29, 1.82) is 0 Å². The van der Waals surface area contributed by atoms with E-state index in [9.17, 15) is 0 Å². The smallest absolute Gasteiger partial charge is 0.0162 e. The van der Waals surface area contributed by atoms with Crippen LogP contribution in [0.3, 0.4) is 0 Å². The summed E-state index contributed by atoms with van der Waals surface area (Å²) < 4.78 is 0. The molecular weight excluding hydrogens is 276 g/mol. The van der Waals surface area contributed by atoms with Crippen LogP contribution in [0.15, 0.2) is 30.3 Å². The summed E-state index contributed by atoms with van der Waals surface area (Å²) >= 11 is 0. The second kappa shape index (κ2) is 14.8. The summed E-state index contributed by atoms with van der Waals surface area (Å²) in [6, 6.07) is 11.3. The zero-order valence-electron chi connectivity index (χ0n) is 15.9. The molecule has 0 aliphatic carbocycles. The molecule has 0 fully saturated rings. The molecule has 0 heteroatoms. The van der Waals surface area contributed by atoms with E-state index in [2.05, 4.69) is 44.2 Å². The monoisotopic (exact) mass is 316 g/mol. The lowest BCUT2D eigenvalue weighted by Crippen LogP contribution is -1.99. The van der Waals surface area contributed by atoms with Crippen molar-refractivity contribution in [2.45, 2.75) is 110 Å². The molecule has 1 rings (SSSR count).